The Morgan fingerprint density at radius 1 is 1.00 bits per heavy atom. The number of rotatable bonds is 4. The molecule has 1 fully saturated rings. The fourth-order valence-corrected chi connectivity index (χ4v) is 3.44. The molecule has 134 valence electrons. The summed E-state index contributed by atoms with van der Waals surface area (Å²) in [7, 11) is 0. The van der Waals surface area contributed by atoms with Crippen LogP contribution in [0.2, 0.25) is 0 Å². The third-order valence-corrected chi connectivity index (χ3v) is 4.94. The second-order valence-corrected chi connectivity index (χ2v) is 6.56. The Kier molecular flexibility index (Phi) is 4.48. The molecule has 6 heteroatoms. The zero-order valence-corrected chi connectivity index (χ0v) is 14.6. The molecule has 2 aromatic carbocycles. The van der Waals surface area contributed by atoms with E-state index in [9.17, 15) is 9.90 Å². The first-order valence-corrected chi connectivity index (χ1v) is 8.92. The maximum absolute atomic E-state index is 12.6. The van der Waals surface area contributed by atoms with Crippen molar-refractivity contribution < 1.29 is 9.90 Å². The van der Waals surface area contributed by atoms with Gasteiger partial charge < -0.3 is 19.5 Å². The Morgan fingerprint density at radius 3 is 2.50 bits per heavy atom. The van der Waals surface area contributed by atoms with Crippen molar-refractivity contribution in [3.05, 3.63) is 54.9 Å². The molecule has 0 spiro atoms. The third kappa shape index (κ3) is 3.35. The van der Waals surface area contributed by atoms with Crippen molar-refractivity contribution in [3.8, 4) is 5.75 Å². The molecule has 0 aliphatic carbocycles. The lowest BCUT2D eigenvalue weighted by Gasteiger charge is -2.36. The van der Waals surface area contributed by atoms with Gasteiger partial charge in [-0.15, -0.1) is 0 Å². The highest BCUT2D eigenvalue weighted by Gasteiger charge is 2.21. The van der Waals surface area contributed by atoms with Crippen LogP contribution in [0.4, 0.5) is 5.69 Å². The summed E-state index contributed by atoms with van der Waals surface area (Å²) in [6, 6.07) is 15.2. The molecule has 4 rings (SSSR count). The van der Waals surface area contributed by atoms with Gasteiger partial charge in [0.25, 0.3) is 0 Å². The number of piperazine rings is 1. The van der Waals surface area contributed by atoms with E-state index in [-0.39, 0.29) is 11.7 Å². The molecule has 1 aromatic heterocycles. The lowest BCUT2D eigenvalue weighted by atomic mass is 10.2. The number of hydrogen-bond acceptors (Lipinski definition) is 4. The van der Waals surface area contributed by atoms with Crippen LogP contribution in [0.5, 0.6) is 5.75 Å². The standard InChI is InChI=1S/C20H22N4O2/c25-17-7-5-16(6-8-17)22-11-13-23(14-12-22)20(26)9-10-24-15-21-18-3-1-2-4-19(18)24/h1-8,15,25H,9-14H2. The minimum absolute atomic E-state index is 0.188. The van der Waals surface area contributed by atoms with Gasteiger partial charge in [0, 0.05) is 44.8 Å². The van der Waals surface area contributed by atoms with E-state index < -0.39 is 0 Å². The minimum Gasteiger partial charge on any atom is -0.508 e. The molecule has 0 atom stereocenters. The van der Waals surface area contributed by atoms with Crippen LogP contribution >= 0.6 is 0 Å². The molecule has 0 saturated carbocycles. The second-order valence-electron chi connectivity index (χ2n) is 6.56. The van der Waals surface area contributed by atoms with E-state index in [4.69, 9.17) is 0 Å². The van der Waals surface area contributed by atoms with E-state index >= 15 is 0 Å². The highest BCUT2D eigenvalue weighted by Crippen LogP contribution is 2.20. The molecule has 1 saturated heterocycles. The van der Waals surface area contributed by atoms with Gasteiger partial charge in [0.1, 0.15) is 5.75 Å². The highest BCUT2D eigenvalue weighted by atomic mass is 16.3. The van der Waals surface area contributed by atoms with Gasteiger partial charge in [0.05, 0.1) is 17.4 Å². The molecule has 0 bridgehead atoms. The van der Waals surface area contributed by atoms with Crippen molar-refractivity contribution in [2.45, 2.75) is 13.0 Å². The molecule has 26 heavy (non-hydrogen) atoms. The van der Waals surface area contributed by atoms with Crippen LogP contribution in [0.3, 0.4) is 0 Å². The van der Waals surface area contributed by atoms with Crippen molar-refractivity contribution in [2.24, 2.45) is 0 Å². The number of carbonyl (C=O) groups excluding carboxylic acids is 1. The van der Waals surface area contributed by atoms with Crippen molar-refractivity contribution in [2.75, 3.05) is 31.1 Å². The Bertz CT molecular complexity index is 896. The van der Waals surface area contributed by atoms with Gasteiger partial charge in [-0.25, -0.2) is 4.98 Å². The molecule has 6 nitrogen and oxygen atoms in total. The predicted molar refractivity (Wildman–Crippen MR) is 101 cm³/mol. The lowest BCUT2D eigenvalue weighted by Crippen LogP contribution is -2.48. The summed E-state index contributed by atoms with van der Waals surface area (Å²) < 4.78 is 2.04. The van der Waals surface area contributed by atoms with Crippen LogP contribution in [-0.2, 0) is 11.3 Å². The first kappa shape index (κ1) is 16.4. The number of aromatic hydroxyl groups is 1. The minimum atomic E-state index is 0.188. The third-order valence-electron chi connectivity index (χ3n) is 4.94. The smallest absolute Gasteiger partial charge is 0.224 e. The summed E-state index contributed by atoms with van der Waals surface area (Å²) >= 11 is 0. The van der Waals surface area contributed by atoms with Gasteiger partial charge in [0.15, 0.2) is 0 Å². The van der Waals surface area contributed by atoms with Crippen LogP contribution in [0, 0.1) is 0 Å². The largest absolute Gasteiger partial charge is 0.508 e. The maximum atomic E-state index is 12.6. The summed E-state index contributed by atoms with van der Waals surface area (Å²) in [5, 5.41) is 9.40. The summed E-state index contributed by atoms with van der Waals surface area (Å²) in [6.07, 6.45) is 2.29. The molecule has 1 aliphatic rings. The summed E-state index contributed by atoms with van der Waals surface area (Å²) in [4.78, 5) is 21.1. The Hall–Kier alpha value is -3.02. The SMILES string of the molecule is O=C(CCn1cnc2ccccc21)N1CCN(c2ccc(O)cc2)CC1. The number of anilines is 1. The van der Waals surface area contributed by atoms with E-state index in [1.54, 1.807) is 18.5 Å². The monoisotopic (exact) mass is 350 g/mol. The van der Waals surface area contributed by atoms with Gasteiger partial charge in [0.2, 0.25) is 5.91 Å². The van der Waals surface area contributed by atoms with Gasteiger partial charge in [-0.1, -0.05) is 12.1 Å². The number of fused-ring (bicyclic) bond motifs is 1. The molecular formula is C20H22N4O2. The fourth-order valence-electron chi connectivity index (χ4n) is 3.44. The van der Waals surface area contributed by atoms with Crippen molar-refractivity contribution >= 4 is 22.6 Å². The summed E-state index contributed by atoms with van der Waals surface area (Å²) in [5.74, 6) is 0.461. The van der Waals surface area contributed by atoms with E-state index in [1.165, 1.54) is 0 Å². The molecule has 3 aromatic rings. The number of benzene rings is 2. The number of amides is 1. The van der Waals surface area contributed by atoms with Crippen LogP contribution in [0.15, 0.2) is 54.9 Å². The summed E-state index contributed by atoms with van der Waals surface area (Å²) in [6.45, 7) is 3.72. The Balaban J connectivity index is 1.31. The van der Waals surface area contributed by atoms with Gasteiger partial charge >= 0.3 is 0 Å². The number of aromatic nitrogens is 2. The van der Waals surface area contributed by atoms with Crippen LogP contribution in [-0.4, -0.2) is 51.6 Å². The number of aryl methyl sites for hydroxylation is 1. The van der Waals surface area contributed by atoms with Gasteiger partial charge in [-0.05, 0) is 36.4 Å². The number of hydrogen-bond donors (Lipinski definition) is 1. The number of para-hydroxylation sites is 2. The average molecular weight is 350 g/mol. The number of imidazole rings is 1. The molecular weight excluding hydrogens is 328 g/mol. The first-order chi connectivity index (χ1) is 12.7. The summed E-state index contributed by atoms with van der Waals surface area (Å²) in [5.41, 5.74) is 3.11. The fraction of sp³-hybridized carbons (Fsp3) is 0.300. The number of phenols is 1. The topological polar surface area (TPSA) is 61.6 Å². The van der Waals surface area contributed by atoms with Crippen LogP contribution < -0.4 is 4.90 Å². The van der Waals surface area contributed by atoms with Crippen molar-refractivity contribution in [3.63, 3.8) is 0 Å². The van der Waals surface area contributed by atoms with E-state index in [2.05, 4.69) is 9.88 Å². The maximum Gasteiger partial charge on any atom is 0.224 e. The molecule has 0 unspecified atom stereocenters. The zero-order valence-electron chi connectivity index (χ0n) is 14.6. The van der Waals surface area contributed by atoms with Gasteiger partial charge in [-0.3, -0.25) is 4.79 Å². The van der Waals surface area contributed by atoms with Crippen LogP contribution in [0.25, 0.3) is 11.0 Å². The Morgan fingerprint density at radius 2 is 1.73 bits per heavy atom. The number of phenolic OH excluding ortho intramolecular Hbond substituents is 1. The molecule has 1 N–H and O–H groups in total. The van der Waals surface area contributed by atoms with Crippen molar-refractivity contribution in [1.29, 1.82) is 0 Å². The molecule has 0 radical (unpaired) electrons. The molecule has 1 amide bonds. The van der Waals surface area contributed by atoms with Crippen molar-refractivity contribution in [1.82, 2.24) is 14.5 Å². The van der Waals surface area contributed by atoms with Gasteiger partial charge in [-0.2, -0.15) is 0 Å². The lowest BCUT2D eigenvalue weighted by molar-refractivity contribution is -0.131. The van der Waals surface area contributed by atoms with E-state index in [0.717, 1.165) is 42.9 Å². The average Bonchev–Trinajstić information content (AvgIpc) is 3.10. The zero-order chi connectivity index (χ0) is 17.9. The number of nitrogens with zero attached hydrogens (tertiary/aromatic N) is 4. The Labute approximate surface area is 152 Å². The number of carbonyl (C=O) groups is 1. The van der Waals surface area contributed by atoms with E-state index in [0.29, 0.717) is 13.0 Å². The quantitative estimate of drug-likeness (QED) is 0.785. The molecule has 1 aliphatic heterocycles. The highest BCUT2D eigenvalue weighted by molar-refractivity contribution is 5.78. The first-order valence-electron chi connectivity index (χ1n) is 8.92. The van der Waals surface area contributed by atoms with E-state index in [1.807, 2.05) is 45.9 Å². The predicted octanol–water partition coefficient (Wildman–Crippen LogP) is 2.48. The second kappa shape index (κ2) is 7.07. The van der Waals surface area contributed by atoms with Crippen LogP contribution in [0.1, 0.15) is 6.42 Å². The molecule has 2 heterocycles. The normalized spacial score (nSPS) is 14.8.